The SMILES string of the molecule is CC.CC(=NC(c1ccc2c(-c3c(C)cc(C)cc3C)cc3c4oc5ccccc5c4cc4c(-c5c(C)cc(C)cc5C)cc1c2c43)C(C)(C)CCC(C)C(C)(C)C)C(C)(C)C. The average Bonchev–Trinajstić information content (AvgIpc) is 3.56. The first-order valence-corrected chi connectivity index (χ1v) is 23.4. The van der Waals surface area contributed by atoms with Gasteiger partial charge in [-0.15, -0.1) is 0 Å². The van der Waals surface area contributed by atoms with E-state index in [9.17, 15) is 0 Å². The second-order valence-electron chi connectivity index (χ2n) is 21.5. The van der Waals surface area contributed by atoms with E-state index in [0.29, 0.717) is 5.92 Å². The largest absolute Gasteiger partial charge is 0.455 e. The molecule has 7 aromatic carbocycles. The van der Waals surface area contributed by atoms with E-state index in [0.717, 1.165) is 29.4 Å². The molecule has 0 amide bonds. The van der Waals surface area contributed by atoms with Crippen LogP contribution in [0.2, 0.25) is 0 Å². The predicted octanol–water partition coefficient (Wildman–Crippen LogP) is 18.7. The number of furan rings is 1. The van der Waals surface area contributed by atoms with Crippen LogP contribution in [0.15, 0.2) is 88.3 Å². The molecule has 2 nitrogen and oxygen atoms in total. The second kappa shape index (κ2) is 16.3. The van der Waals surface area contributed by atoms with Crippen LogP contribution < -0.4 is 0 Å². The van der Waals surface area contributed by atoms with Gasteiger partial charge >= 0.3 is 0 Å². The third-order valence-electron chi connectivity index (χ3n) is 14.4. The Morgan fingerprint density at radius 3 is 1.65 bits per heavy atom. The summed E-state index contributed by atoms with van der Waals surface area (Å²) < 4.78 is 6.97. The molecule has 324 valence electrons. The number of aryl methyl sites for hydroxylation is 6. The molecule has 0 aliphatic rings. The topological polar surface area (TPSA) is 25.5 Å². The lowest BCUT2D eigenvalue weighted by Crippen LogP contribution is -2.27. The second-order valence-corrected chi connectivity index (χ2v) is 21.5. The fourth-order valence-corrected chi connectivity index (χ4v) is 10.3. The number of benzene rings is 7. The summed E-state index contributed by atoms with van der Waals surface area (Å²) >= 11 is 0. The van der Waals surface area contributed by atoms with Crippen molar-refractivity contribution < 1.29 is 4.42 Å². The molecule has 2 atom stereocenters. The summed E-state index contributed by atoms with van der Waals surface area (Å²) in [7, 11) is 0. The Balaban J connectivity index is 0.00000285. The van der Waals surface area contributed by atoms with Crippen molar-refractivity contribution in [2.75, 3.05) is 0 Å². The van der Waals surface area contributed by atoms with Crippen molar-refractivity contribution in [1.82, 2.24) is 0 Å². The third-order valence-corrected chi connectivity index (χ3v) is 14.4. The van der Waals surface area contributed by atoms with Gasteiger partial charge < -0.3 is 4.42 Å². The maximum Gasteiger partial charge on any atom is 0.143 e. The maximum absolute atomic E-state index is 6.97. The minimum absolute atomic E-state index is 0.0564. The molecule has 0 saturated carbocycles. The standard InChI is InChI=1S/C58H67NO.C2H6/c1-32-25-34(3)50(35(4)26-32)43-31-48-53-46(30-47-40-19-17-18-20-49(40)60-54(47)48)45(51-36(5)27-33(2)28-37(51)6)29-44-42(22-21-41(43)52(44)53)55(59-39(8)57(12,13)14)58(15,16)24-23-38(7)56(9,10)11;1-2/h17-22,25-31,38,55H,23-24H2,1-16H3;1-2H3. The summed E-state index contributed by atoms with van der Waals surface area (Å²) in [6.07, 6.45) is 2.23. The van der Waals surface area contributed by atoms with Gasteiger partial charge in [0.05, 0.1) is 6.04 Å². The molecule has 0 bridgehead atoms. The van der Waals surface area contributed by atoms with Crippen molar-refractivity contribution in [2.45, 2.75) is 144 Å². The fraction of sp³-hybridized carbons (Fsp3) is 0.417. The summed E-state index contributed by atoms with van der Waals surface area (Å²) in [5, 5.41) is 9.96. The molecule has 8 rings (SSSR count). The molecule has 0 spiro atoms. The van der Waals surface area contributed by atoms with Gasteiger partial charge in [-0.25, -0.2) is 0 Å². The molecule has 2 heteroatoms. The van der Waals surface area contributed by atoms with Crippen LogP contribution >= 0.6 is 0 Å². The van der Waals surface area contributed by atoms with Crippen molar-refractivity contribution in [3.63, 3.8) is 0 Å². The first-order chi connectivity index (χ1) is 29.1. The number of hydrogen-bond donors (Lipinski definition) is 0. The van der Waals surface area contributed by atoms with Crippen molar-refractivity contribution in [2.24, 2.45) is 27.2 Å². The Bertz CT molecular complexity index is 2960. The molecule has 1 aromatic heterocycles. The van der Waals surface area contributed by atoms with E-state index in [1.165, 1.54) is 105 Å². The van der Waals surface area contributed by atoms with Crippen LogP contribution in [-0.2, 0) is 0 Å². The summed E-state index contributed by atoms with van der Waals surface area (Å²) in [4.78, 5) is 5.86. The van der Waals surface area contributed by atoms with Crippen LogP contribution in [0, 0.1) is 63.7 Å². The highest BCUT2D eigenvalue weighted by Crippen LogP contribution is 2.53. The lowest BCUT2D eigenvalue weighted by Gasteiger charge is -2.37. The zero-order valence-corrected chi connectivity index (χ0v) is 41.4. The first-order valence-electron chi connectivity index (χ1n) is 23.4. The highest BCUT2D eigenvalue weighted by atomic mass is 16.3. The quantitative estimate of drug-likeness (QED) is 0.111. The normalized spacial score (nSPS) is 14.1. The van der Waals surface area contributed by atoms with Gasteiger partial charge in [0.15, 0.2) is 0 Å². The molecule has 0 aliphatic heterocycles. The number of rotatable bonds is 8. The molecule has 0 aliphatic carbocycles. The summed E-state index contributed by atoms with van der Waals surface area (Å²) in [5.41, 5.74) is 17.4. The van der Waals surface area contributed by atoms with Crippen LogP contribution in [0.1, 0.15) is 141 Å². The van der Waals surface area contributed by atoms with Gasteiger partial charge in [-0.1, -0.05) is 142 Å². The minimum atomic E-state index is -0.121. The van der Waals surface area contributed by atoms with Crippen molar-refractivity contribution >= 4 is 60.0 Å². The van der Waals surface area contributed by atoms with Crippen LogP contribution in [0.25, 0.3) is 76.5 Å². The molecule has 2 unspecified atom stereocenters. The molecular weight excluding hydrogens is 751 g/mol. The smallest absolute Gasteiger partial charge is 0.143 e. The van der Waals surface area contributed by atoms with E-state index in [4.69, 9.17) is 9.41 Å². The lowest BCUT2D eigenvalue weighted by molar-refractivity contribution is 0.187. The third kappa shape index (κ3) is 7.86. The first kappa shape index (κ1) is 45.1. The Kier molecular flexibility index (Phi) is 11.9. The van der Waals surface area contributed by atoms with E-state index in [2.05, 4.69) is 190 Å². The van der Waals surface area contributed by atoms with E-state index in [1.54, 1.807) is 0 Å². The Hall–Kier alpha value is -4.95. The monoisotopic (exact) mass is 824 g/mol. The summed E-state index contributed by atoms with van der Waals surface area (Å²) in [6, 6.07) is 30.3. The number of hydrogen-bond acceptors (Lipinski definition) is 2. The Labute approximate surface area is 373 Å². The van der Waals surface area contributed by atoms with Crippen molar-refractivity contribution in [3.05, 3.63) is 118 Å². The van der Waals surface area contributed by atoms with Crippen molar-refractivity contribution in [3.8, 4) is 22.3 Å². The molecule has 62 heavy (non-hydrogen) atoms. The van der Waals surface area contributed by atoms with Gasteiger partial charge in [-0.05, 0) is 179 Å². The highest BCUT2D eigenvalue weighted by Gasteiger charge is 2.36. The van der Waals surface area contributed by atoms with Gasteiger partial charge in [-0.2, -0.15) is 0 Å². The highest BCUT2D eigenvalue weighted by molar-refractivity contribution is 6.35. The van der Waals surface area contributed by atoms with Gasteiger partial charge in [0.25, 0.3) is 0 Å². The van der Waals surface area contributed by atoms with Crippen molar-refractivity contribution in [1.29, 1.82) is 0 Å². The molecule has 1 heterocycles. The lowest BCUT2D eigenvalue weighted by atomic mass is 9.70. The van der Waals surface area contributed by atoms with E-state index >= 15 is 0 Å². The number of fused-ring (bicyclic) bond motifs is 4. The van der Waals surface area contributed by atoms with Crippen LogP contribution in [0.5, 0.6) is 0 Å². The van der Waals surface area contributed by atoms with Gasteiger partial charge in [0, 0.05) is 27.3 Å². The summed E-state index contributed by atoms with van der Waals surface area (Å²) in [5.74, 6) is 0.584. The zero-order valence-electron chi connectivity index (χ0n) is 41.4. The number of aliphatic imine (C=N–C) groups is 1. The fourth-order valence-electron chi connectivity index (χ4n) is 10.3. The van der Waals surface area contributed by atoms with Crippen LogP contribution in [0.4, 0.5) is 0 Å². The van der Waals surface area contributed by atoms with E-state index in [-0.39, 0.29) is 22.3 Å². The Morgan fingerprint density at radius 2 is 1.10 bits per heavy atom. The molecular formula is C60H73NO. The Morgan fingerprint density at radius 1 is 0.581 bits per heavy atom. The minimum Gasteiger partial charge on any atom is -0.455 e. The van der Waals surface area contributed by atoms with Crippen LogP contribution in [0.3, 0.4) is 0 Å². The van der Waals surface area contributed by atoms with E-state index in [1.807, 2.05) is 13.8 Å². The van der Waals surface area contributed by atoms with Gasteiger partial charge in [0.1, 0.15) is 11.2 Å². The van der Waals surface area contributed by atoms with Gasteiger partial charge in [-0.3, -0.25) is 4.99 Å². The summed E-state index contributed by atoms with van der Waals surface area (Å²) in [6.45, 7) is 41.3. The van der Waals surface area contributed by atoms with Gasteiger partial charge in [0.2, 0.25) is 0 Å². The molecule has 0 N–H and O–H groups in total. The number of para-hydroxylation sites is 1. The van der Waals surface area contributed by atoms with E-state index < -0.39 is 0 Å². The average molecular weight is 824 g/mol. The molecule has 0 saturated heterocycles. The predicted molar refractivity (Wildman–Crippen MR) is 275 cm³/mol. The molecule has 8 aromatic rings. The maximum atomic E-state index is 6.97. The number of nitrogens with zero attached hydrogens (tertiary/aromatic N) is 1. The molecule has 0 radical (unpaired) electrons. The van der Waals surface area contributed by atoms with Crippen LogP contribution in [-0.4, -0.2) is 5.71 Å². The zero-order chi connectivity index (χ0) is 45.4. The molecule has 0 fully saturated rings.